The number of rotatable bonds is 2. The maximum Gasteiger partial charge on any atom is 0.181 e. The van der Waals surface area contributed by atoms with Gasteiger partial charge in [-0.25, -0.2) is 4.98 Å². The van der Waals surface area contributed by atoms with Crippen LogP contribution in [0.15, 0.2) is 59.5 Å². The number of nitrogens with zero attached hydrogens (tertiary/aromatic N) is 2. The average Bonchev–Trinajstić information content (AvgIpc) is 3.14. The minimum atomic E-state index is 0.321. The van der Waals surface area contributed by atoms with Crippen LogP contribution in [-0.2, 0) is 0 Å². The molecule has 0 saturated heterocycles. The highest BCUT2D eigenvalue weighted by atomic mass is 32.2. The molecule has 3 aromatic rings. The Labute approximate surface area is 121 Å². The molecular formula is C16H13N3S. The van der Waals surface area contributed by atoms with Gasteiger partial charge >= 0.3 is 0 Å². The molecule has 1 aliphatic rings. The highest BCUT2D eigenvalue weighted by Crippen LogP contribution is 2.41. The molecule has 2 heterocycles. The van der Waals surface area contributed by atoms with Crippen LogP contribution in [0.4, 0.5) is 0 Å². The summed E-state index contributed by atoms with van der Waals surface area (Å²) in [5, 5.41) is 7.47. The maximum absolute atomic E-state index is 4.68. The standard InChI is InChI=1S/C16H13N3S/c1-2-6-11(7-3-1)15-17-16(19-18-15)13-10-20-14-9-5-4-8-12(13)14/h1-9,13H,10H2,(H,17,18,19). The fourth-order valence-corrected chi connectivity index (χ4v) is 3.77. The summed E-state index contributed by atoms with van der Waals surface area (Å²) in [6.45, 7) is 0. The van der Waals surface area contributed by atoms with Gasteiger partial charge < -0.3 is 0 Å². The summed E-state index contributed by atoms with van der Waals surface area (Å²) in [6.07, 6.45) is 0. The normalized spacial score (nSPS) is 17.1. The Hall–Kier alpha value is -2.07. The van der Waals surface area contributed by atoms with E-state index in [1.807, 2.05) is 42.1 Å². The third-order valence-electron chi connectivity index (χ3n) is 3.56. The highest BCUT2D eigenvalue weighted by Gasteiger charge is 2.27. The zero-order valence-electron chi connectivity index (χ0n) is 10.8. The number of benzene rings is 2. The molecule has 98 valence electrons. The SMILES string of the molecule is c1ccc(-c2n[nH]c(C3CSc4ccccc43)n2)cc1. The van der Waals surface area contributed by atoms with Crippen LogP contribution < -0.4 is 0 Å². The fraction of sp³-hybridized carbons (Fsp3) is 0.125. The number of nitrogens with one attached hydrogen (secondary N) is 1. The monoisotopic (exact) mass is 279 g/mol. The molecule has 0 spiro atoms. The van der Waals surface area contributed by atoms with Crippen LogP contribution in [0, 0.1) is 0 Å². The van der Waals surface area contributed by atoms with Crippen molar-refractivity contribution in [3.8, 4) is 11.4 Å². The second-order valence-corrected chi connectivity index (χ2v) is 5.87. The zero-order valence-corrected chi connectivity index (χ0v) is 11.6. The van der Waals surface area contributed by atoms with Crippen molar-refractivity contribution in [2.75, 3.05) is 5.75 Å². The molecule has 0 fully saturated rings. The molecule has 0 saturated carbocycles. The molecule has 1 aliphatic heterocycles. The lowest BCUT2D eigenvalue weighted by molar-refractivity contribution is 0.834. The molecule has 4 rings (SSSR count). The lowest BCUT2D eigenvalue weighted by Gasteiger charge is -2.05. The number of hydrogen-bond donors (Lipinski definition) is 1. The van der Waals surface area contributed by atoms with Gasteiger partial charge in [0.1, 0.15) is 5.82 Å². The van der Waals surface area contributed by atoms with E-state index in [9.17, 15) is 0 Å². The van der Waals surface area contributed by atoms with Gasteiger partial charge in [0.25, 0.3) is 0 Å². The van der Waals surface area contributed by atoms with Gasteiger partial charge in [0.2, 0.25) is 0 Å². The predicted molar refractivity (Wildman–Crippen MR) is 80.8 cm³/mol. The van der Waals surface area contributed by atoms with Gasteiger partial charge in [-0.15, -0.1) is 11.8 Å². The van der Waals surface area contributed by atoms with E-state index in [0.29, 0.717) is 5.92 Å². The minimum Gasteiger partial charge on any atom is -0.262 e. The Morgan fingerprint density at radius 2 is 1.80 bits per heavy atom. The number of thioether (sulfide) groups is 1. The number of aromatic nitrogens is 3. The molecule has 4 heteroatoms. The average molecular weight is 279 g/mol. The Kier molecular flexibility index (Phi) is 2.81. The molecule has 0 amide bonds. The Balaban J connectivity index is 1.70. The summed E-state index contributed by atoms with van der Waals surface area (Å²) in [4.78, 5) is 6.04. The van der Waals surface area contributed by atoms with Crippen LogP contribution in [-0.4, -0.2) is 20.9 Å². The number of aromatic amines is 1. The van der Waals surface area contributed by atoms with Crippen molar-refractivity contribution in [3.05, 3.63) is 66.0 Å². The smallest absolute Gasteiger partial charge is 0.181 e. The van der Waals surface area contributed by atoms with Gasteiger partial charge in [-0.05, 0) is 11.6 Å². The first-order valence-corrected chi connectivity index (χ1v) is 7.60. The largest absolute Gasteiger partial charge is 0.262 e. The van der Waals surface area contributed by atoms with Gasteiger partial charge in [-0.1, -0.05) is 48.5 Å². The van der Waals surface area contributed by atoms with E-state index in [0.717, 1.165) is 23.0 Å². The van der Waals surface area contributed by atoms with Crippen molar-refractivity contribution in [3.63, 3.8) is 0 Å². The van der Waals surface area contributed by atoms with E-state index in [1.165, 1.54) is 10.5 Å². The molecule has 3 nitrogen and oxygen atoms in total. The third kappa shape index (κ3) is 1.93. The summed E-state index contributed by atoms with van der Waals surface area (Å²) < 4.78 is 0. The van der Waals surface area contributed by atoms with Gasteiger partial charge in [-0.2, -0.15) is 5.10 Å². The van der Waals surface area contributed by atoms with Crippen LogP contribution in [0.3, 0.4) is 0 Å². The quantitative estimate of drug-likeness (QED) is 0.777. The molecular weight excluding hydrogens is 266 g/mol. The first-order chi connectivity index (χ1) is 9.92. The lowest BCUT2D eigenvalue weighted by atomic mass is 10.0. The van der Waals surface area contributed by atoms with E-state index in [2.05, 4.69) is 39.4 Å². The van der Waals surface area contributed by atoms with Crippen molar-refractivity contribution in [2.45, 2.75) is 10.8 Å². The minimum absolute atomic E-state index is 0.321. The first-order valence-electron chi connectivity index (χ1n) is 6.61. The Morgan fingerprint density at radius 3 is 2.70 bits per heavy atom. The third-order valence-corrected chi connectivity index (χ3v) is 4.75. The van der Waals surface area contributed by atoms with Crippen LogP contribution in [0.1, 0.15) is 17.3 Å². The predicted octanol–water partition coefficient (Wildman–Crippen LogP) is 3.71. The zero-order chi connectivity index (χ0) is 13.4. The molecule has 1 unspecified atom stereocenters. The number of H-pyrrole nitrogens is 1. The van der Waals surface area contributed by atoms with E-state index in [1.54, 1.807) is 0 Å². The molecule has 0 aliphatic carbocycles. The van der Waals surface area contributed by atoms with E-state index in [4.69, 9.17) is 0 Å². The van der Waals surface area contributed by atoms with Crippen LogP contribution in [0.2, 0.25) is 0 Å². The fourth-order valence-electron chi connectivity index (χ4n) is 2.54. The van der Waals surface area contributed by atoms with Gasteiger partial charge in [0.15, 0.2) is 5.82 Å². The Morgan fingerprint density at radius 1 is 1.00 bits per heavy atom. The highest BCUT2D eigenvalue weighted by molar-refractivity contribution is 7.99. The van der Waals surface area contributed by atoms with Gasteiger partial charge in [0, 0.05) is 16.2 Å². The Bertz CT molecular complexity index is 736. The molecule has 2 aromatic carbocycles. The van der Waals surface area contributed by atoms with Crippen molar-refractivity contribution in [2.24, 2.45) is 0 Å². The van der Waals surface area contributed by atoms with Crippen LogP contribution >= 0.6 is 11.8 Å². The summed E-state index contributed by atoms with van der Waals surface area (Å²) >= 11 is 1.89. The number of hydrogen-bond acceptors (Lipinski definition) is 3. The molecule has 1 aromatic heterocycles. The number of fused-ring (bicyclic) bond motifs is 1. The first kappa shape index (κ1) is 11.7. The van der Waals surface area contributed by atoms with Crippen molar-refractivity contribution in [1.82, 2.24) is 15.2 Å². The van der Waals surface area contributed by atoms with Crippen molar-refractivity contribution < 1.29 is 0 Å². The summed E-state index contributed by atoms with van der Waals surface area (Å²) in [7, 11) is 0. The van der Waals surface area contributed by atoms with Gasteiger partial charge in [0.05, 0.1) is 5.92 Å². The lowest BCUT2D eigenvalue weighted by Crippen LogP contribution is -2.01. The molecule has 20 heavy (non-hydrogen) atoms. The van der Waals surface area contributed by atoms with E-state index < -0.39 is 0 Å². The molecule has 1 atom stereocenters. The van der Waals surface area contributed by atoms with Crippen LogP contribution in [0.25, 0.3) is 11.4 Å². The molecule has 1 N–H and O–H groups in total. The van der Waals surface area contributed by atoms with Crippen LogP contribution in [0.5, 0.6) is 0 Å². The summed E-state index contributed by atoms with van der Waals surface area (Å²) in [5.41, 5.74) is 2.40. The molecule has 0 radical (unpaired) electrons. The summed E-state index contributed by atoms with van der Waals surface area (Å²) in [6, 6.07) is 18.6. The van der Waals surface area contributed by atoms with E-state index in [-0.39, 0.29) is 0 Å². The van der Waals surface area contributed by atoms with Gasteiger partial charge in [-0.3, -0.25) is 5.10 Å². The topological polar surface area (TPSA) is 41.6 Å². The van der Waals surface area contributed by atoms with Crippen molar-refractivity contribution in [1.29, 1.82) is 0 Å². The van der Waals surface area contributed by atoms with E-state index >= 15 is 0 Å². The second kappa shape index (κ2) is 4.80. The maximum atomic E-state index is 4.68. The molecule has 0 bridgehead atoms. The second-order valence-electron chi connectivity index (χ2n) is 4.81. The summed E-state index contributed by atoms with van der Waals surface area (Å²) in [5.74, 6) is 3.08. The van der Waals surface area contributed by atoms with Crippen molar-refractivity contribution >= 4 is 11.8 Å².